The zero-order valence-corrected chi connectivity index (χ0v) is 16.5. The number of anilines is 1. The van der Waals surface area contributed by atoms with Crippen molar-refractivity contribution in [2.75, 3.05) is 5.32 Å². The van der Waals surface area contributed by atoms with Crippen molar-refractivity contribution >= 4 is 44.4 Å². The van der Waals surface area contributed by atoms with E-state index >= 15 is 0 Å². The molecule has 6 nitrogen and oxygen atoms in total. The van der Waals surface area contributed by atoms with Crippen LogP contribution >= 0.6 is 11.3 Å². The number of nitrogens with zero attached hydrogens (tertiary/aromatic N) is 2. The summed E-state index contributed by atoms with van der Waals surface area (Å²) in [6, 6.07) is 21.3. The van der Waals surface area contributed by atoms with E-state index in [1.807, 2.05) is 24.3 Å². The molecule has 7 heteroatoms. The summed E-state index contributed by atoms with van der Waals surface area (Å²) in [7, 11) is 0. The van der Waals surface area contributed by atoms with E-state index in [0.29, 0.717) is 21.8 Å². The van der Waals surface area contributed by atoms with E-state index in [-0.39, 0.29) is 24.3 Å². The van der Waals surface area contributed by atoms with E-state index < -0.39 is 0 Å². The summed E-state index contributed by atoms with van der Waals surface area (Å²) in [5.74, 6) is -0.858. The zero-order valence-electron chi connectivity index (χ0n) is 15.7. The molecule has 0 fully saturated rings. The highest BCUT2D eigenvalue weighted by Gasteiger charge is 2.34. The molecule has 4 aromatic rings. The fourth-order valence-electron chi connectivity index (χ4n) is 3.42. The molecule has 2 heterocycles. The Kier molecular flexibility index (Phi) is 4.37. The van der Waals surface area contributed by atoms with Crippen LogP contribution in [0.2, 0.25) is 0 Å². The Hall–Kier alpha value is -3.84. The van der Waals surface area contributed by atoms with Crippen LogP contribution in [-0.4, -0.2) is 27.6 Å². The summed E-state index contributed by atoms with van der Waals surface area (Å²) in [6.45, 7) is 0.159. The van der Waals surface area contributed by atoms with Gasteiger partial charge in [-0.3, -0.25) is 24.6 Å². The first-order chi connectivity index (χ1) is 14.6. The molecule has 0 bridgehead atoms. The predicted molar refractivity (Wildman–Crippen MR) is 115 cm³/mol. The van der Waals surface area contributed by atoms with Crippen molar-refractivity contribution in [3.05, 3.63) is 95.1 Å². The van der Waals surface area contributed by atoms with E-state index in [0.717, 1.165) is 15.8 Å². The van der Waals surface area contributed by atoms with E-state index in [2.05, 4.69) is 10.3 Å². The van der Waals surface area contributed by atoms with E-state index in [4.69, 9.17) is 0 Å². The molecule has 30 heavy (non-hydrogen) atoms. The number of aromatic nitrogens is 1. The van der Waals surface area contributed by atoms with Gasteiger partial charge < -0.3 is 0 Å². The summed E-state index contributed by atoms with van der Waals surface area (Å²) >= 11 is 1.41. The van der Waals surface area contributed by atoms with Gasteiger partial charge in [0.25, 0.3) is 17.7 Å². The van der Waals surface area contributed by atoms with Gasteiger partial charge in [0.2, 0.25) is 0 Å². The lowest BCUT2D eigenvalue weighted by molar-refractivity contribution is 0.0642. The maximum atomic E-state index is 12.5. The average molecular weight is 413 g/mol. The quantitative estimate of drug-likeness (QED) is 0.505. The van der Waals surface area contributed by atoms with Crippen LogP contribution in [0.4, 0.5) is 5.13 Å². The van der Waals surface area contributed by atoms with Gasteiger partial charge in [-0.05, 0) is 42.0 Å². The van der Waals surface area contributed by atoms with Gasteiger partial charge in [-0.1, -0.05) is 47.7 Å². The molecular formula is C23H15N3O3S. The van der Waals surface area contributed by atoms with Crippen molar-refractivity contribution in [3.8, 4) is 0 Å². The highest BCUT2D eigenvalue weighted by atomic mass is 32.1. The first kappa shape index (κ1) is 18.2. The van der Waals surface area contributed by atoms with Gasteiger partial charge in [0, 0.05) is 5.56 Å². The molecule has 0 unspecified atom stereocenters. The molecular weight excluding hydrogens is 398 g/mol. The minimum Gasteiger partial charge on any atom is -0.298 e. The molecule has 0 saturated carbocycles. The van der Waals surface area contributed by atoms with Crippen molar-refractivity contribution in [2.45, 2.75) is 6.54 Å². The molecule has 146 valence electrons. The van der Waals surface area contributed by atoms with Gasteiger partial charge in [-0.2, -0.15) is 0 Å². The largest absolute Gasteiger partial charge is 0.298 e. The number of para-hydroxylation sites is 1. The molecule has 5 rings (SSSR count). The fraction of sp³-hybridized carbons (Fsp3) is 0.0435. The molecule has 0 aliphatic carbocycles. The second-order valence-corrected chi connectivity index (χ2v) is 7.91. The first-order valence-corrected chi connectivity index (χ1v) is 10.1. The number of rotatable bonds is 4. The number of thiazole rings is 1. The van der Waals surface area contributed by atoms with Crippen LogP contribution in [0.1, 0.15) is 36.6 Å². The normalized spacial score (nSPS) is 13.0. The van der Waals surface area contributed by atoms with Crippen LogP contribution in [-0.2, 0) is 6.54 Å². The summed E-state index contributed by atoms with van der Waals surface area (Å²) in [4.78, 5) is 43.2. The zero-order chi connectivity index (χ0) is 20.7. The Morgan fingerprint density at radius 1 is 0.867 bits per heavy atom. The van der Waals surface area contributed by atoms with Gasteiger partial charge in [-0.25, -0.2) is 4.98 Å². The second-order valence-electron chi connectivity index (χ2n) is 6.88. The van der Waals surface area contributed by atoms with Crippen LogP contribution in [0.15, 0.2) is 72.8 Å². The summed E-state index contributed by atoms with van der Waals surface area (Å²) < 4.78 is 1.00. The summed E-state index contributed by atoms with van der Waals surface area (Å²) in [5, 5.41) is 3.35. The number of hydrogen-bond donors (Lipinski definition) is 1. The third kappa shape index (κ3) is 3.15. The second kappa shape index (κ2) is 7.20. The summed E-state index contributed by atoms with van der Waals surface area (Å²) in [5.41, 5.74) is 2.93. The molecule has 1 N–H and O–H groups in total. The van der Waals surface area contributed by atoms with E-state index in [1.54, 1.807) is 48.5 Å². The maximum Gasteiger partial charge on any atom is 0.261 e. The van der Waals surface area contributed by atoms with Crippen LogP contribution in [0, 0.1) is 0 Å². The number of hydrogen-bond acceptors (Lipinski definition) is 5. The topological polar surface area (TPSA) is 79.4 Å². The highest BCUT2D eigenvalue weighted by Crippen LogP contribution is 2.26. The molecule has 1 aliphatic rings. The van der Waals surface area contributed by atoms with Gasteiger partial charge in [0.05, 0.1) is 27.9 Å². The van der Waals surface area contributed by atoms with Gasteiger partial charge in [0.1, 0.15) is 0 Å². The first-order valence-electron chi connectivity index (χ1n) is 9.31. The number of benzene rings is 3. The molecule has 1 aliphatic heterocycles. The van der Waals surface area contributed by atoms with Crippen LogP contribution in [0.5, 0.6) is 0 Å². The fourth-order valence-corrected chi connectivity index (χ4v) is 4.28. The Morgan fingerprint density at radius 2 is 1.50 bits per heavy atom. The van der Waals surface area contributed by atoms with Crippen molar-refractivity contribution in [1.82, 2.24) is 9.88 Å². The van der Waals surface area contributed by atoms with Crippen molar-refractivity contribution < 1.29 is 14.4 Å². The van der Waals surface area contributed by atoms with Gasteiger partial charge >= 0.3 is 0 Å². The third-order valence-electron chi connectivity index (χ3n) is 4.95. The number of nitrogens with one attached hydrogen (secondary N) is 1. The van der Waals surface area contributed by atoms with Crippen molar-refractivity contribution in [1.29, 1.82) is 0 Å². The predicted octanol–water partition coefficient (Wildman–Crippen LogP) is 4.34. The number of fused-ring (bicyclic) bond motifs is 2. The minimum atomic E-state index is -0.298. The molecule has 0 radical (unpaired) electrons. The van der Waals surface area contributed by atoms with E-state index in [1.165, 1.54) is 16.2 Å². The summed E-state index contributed by atoms with van der Waals surface area (Å²) in [6.07, 6.45) is 0. The molecule has 0 atom stereocenters. The SMILES string of the molecule is O=C(Nc1nc2ccccc2s1)c1ccc(CN2C(=O)c3ccccc3C2=O)cc1. The van der Waals surface area contributed by atoms with Crippen LogP contribution < -0.4 is 5.32 Å². The lowest BCUT2D eigenvalue weighted by Gasteiger charge is -2.14. The molecule has 0 saturated heterocycles. The lowest BCUT2D eigenvalue weighted by atomic mass is 10.1. The molecule has 3 aromatic carbocycles. The van der Waals surface area contributed by atoms with Gasteiger partial charge in [0.15, 0.2) is 5.13 Å². The van der Waals surface area contributed by atoms with Crippen molar-refractivity contribution in [2.24, 2.45) is 0 Å². The van der Waals surface area contributed by atoms with Gasteiger partial charge in [-0.15, -0.1) is 0 Å². The van der Waals surface area contributed by atoms with Crippen LogP contribution in [0.25, 0.3) is 10.2 Å². The lowest BCUT2D eigenvalue weighted by Crippen LogP contribution is -2.29. The Labute approximate surface area is 175 Å². The smallest absolute Gasteiger partial charge is 0.261 e. The van der Waals surface area contributed by atoms with Crippen molar-refractivity contribution in [3.63, 3.8) is 0 Å². The molecule has 0 spiro atoms. The average Bonchev–Trinajstić information content (AvgIpc) is 3.28. The van der Waals surface area contributed by atoms with E-state index in [9.17, 15) is 14.4 Å². The molecule has 1 aromatic heterocycles. The Balaban J connectivity index is 1.29. The standard InChI is InChI=1S/C23H15N3O3S/c27-20(25-23-24-18-7-3-4-8-19(18)30-23)15-11-9-14(10-12-15)13-26-21(28)16-5-1-2-6-17(16)22(26)29/h1-12H,13H2,(H,24,25,27). The molecule has 3 amide bonds. The van der Waals surface area contributed by atoms with Crippen LogP contribution in [0.3, 0.4) is 0 Å². The number of carbonyl (C=O) groups excluding carboxylic acids is 3. The maximum absolute atomic E-state index is 12.5. The number of carbonyl (C=O) groups is 3. The highest BCUT2D eigenvalue weighted by molar-refractivity contribution is 7.22. The number of imide groups is 1. The monoisotopic (exact) mass is 413 g/mol. The third-order valence-corrected chi connectivity index (χ3v) is 5.90. The Morgan fingerprint density at radius 3 is 2.17 bits per heavy atom. The minimum absolute atomic E-state index is 0.159. The Bertz CT molecular complexity index is 1240. The number of amides is 3.